The topological polar surface area (TPSA) is 52.1 Å². The average Bonchev–Trinajstić information content (AvgIpc) is 2.24. The Balaban J connectivity index is 2.46. The van der Waals surface area contributed by atoms with Crippen molar-refractivity contribution in [3.8, 4) is 0 Å². The number of nitrogens with zero attached hydrogens (tertiary/aromatic N) is 1. The molecule has 1 aliphatic rings. The van der Waals surface area contributed by atoms with Gasteiger partial charge in [0, 0.05) is 5.41 Å². The quantitative estimate of drug-likeness (QED) is 0.515. The lowest BCUT2D eigenvalue weighted by Gasteiger charge is -2.21. The molecule has 0 aliphatic carbocycles. The molecule has 0 aromatic rings. The zero-order valence-electron chi connectivity index (χ0n) is 7.97. The van der Waals surface area contributed by atoms with Gasteiger partial charge in [0.1, 0.15) is 0 Å². The minimum absolute atomic E-state index is 0.141. The first kappa shape index (κ1) is 9.36. The smallest absolute Gasteiger partial charge is 0.246 e. The fraction of sp³-hybridized carbons (Fsp3) is 0.889. The Hall–Kier alpha value is -0.730. The Labute approximate surface area is 73.8 Å². The summed E-state index contributed by atoms with van der Waals surface area (Å²) in [6.45, 7) is 4.90. The van der Waals surface area contributed by atoms with Crippen LogP contribution in [0.2, 0.25) is 0 Å². The molecule has 0 spiro atoms. The Morgan fingerprint density at radius 2 is 2.33 bits per heavy atom. The van der Waals surface area contributed by atoms with Gasteiger partial charge in [0.2, 0.25) is 5.84 Å². The first-order valence-electron chi connectivity index (χ1n) is 4.63. The summed E-state index contributed by atoms with van der Waals surface area (Å²) in [6.07, 6.45) is 4.27. The lowest BCUT2D eigenvalue weighted by Crippen LogP contribution is -2.20. The molecule has 12 heavy (non-hydrogen) atoms. The van der Waals surface area contributed by atoms with Gasteiger partial charge in [-0.15, -0.1) is 0 Å². The molecule has 0 bridgehead atoms. The fourth-order valence-corrected chi connectivity index (χ4v) is 1.80. The lowest BCUT2D eigenvalue weighted by atomic mass is 9.83. The molecule has 0 aromatic heterocycles. The second-order valence-electron chi connectivity index (χ2n) is 4.12. The number of hydroxylamine groups is 1. The van der Waals surface area contributed by atoms with Crippen LogP contribution in [0.1, 0.15) is 39.5 Å². The van der Waals surface area contributed by atoms with Crippen molar-refractivity contribution in [3.05, 3.63) is 5.21 Å². The standard InChI is InChI=1S/C9H18N2O/c1-3-4-5-9(2)6-8(10)11(12)7-9/h3-7,10H2,1-2H3. The van der Waals surface area contributed by atoms with E-state index in [-0.39, 0.29) is 5.41 Å². The molecule has 1 heterocycles. The van der Waals surface area contributed by atoms with Crippen molar-refractivity contribution in [1.29, 1.82) is 0 Å². The van der Waals surface area contributed by atoms with Crippen LogP contribution in [-0.2, 0) is 0 Å². The maximum Gasteiger partial charge on any atom is 0.246 e. The normalized spacial score (nSPS) is 29.8. The molecule has 2 N–H and O–H groups in total. The summed E-state index contributed by atoms with van der Waals surface area (Å²) in [5.41, 5.74) is 5.70. The predicted octanol–water partition coefficient (Wildman–Crippen LogP) is 1.45. The third-order valence-corrected chi connectivity index (χ3v) is 2.59. The molecule has 0 saturated carbocycles. The summed E-state index contributed by atoms with van der Waals surface area (Å²) in [4.78, 5) is 0. The Kier molecular flexibility index (Phi) is 2.60. The van der Waals surface area contributed by atoms with Crippen molar-refractivity contribution in [3.63, 3.8) is 0 Å². The highest BCUT2D eigenvalue weighted by molar-refractivity contribution is 5.77. The van der Waals surface area contributed by atoms with Crippen LogP contribution in [0.3, 0.4) is 0 Å². The van der Waals surface area contributed by atoms with Gasteiger partial charge in [0.05, 0.1) is 13.0 Å². The van der Waals surface area contributed by atoms with Crippen molar-refractivity contribution < 1.29 is 4.74 Å². The summed E-state index contributed by atoms with van der Waals surface area (Å²) in [6, 6.07) is 0. The van der Waals surface area contributed by atoms with Crippen LogP contribution in [-0.4, -0.2) is 17.1 Å². The summed E-state index contributed by atoms with van der Waals surface area (Å²) in [5, 5.41) is 11.1. The zero-order valence-corrected chi connectivity index (χ0v) is 7.97. The SMILES string of the molecule is CCCCC1(C)CC(N)=[N+]([O-])C1. The molecule has 1 unspecified atom stereocenters. The van der Waals surface area contributed by atoms with Crippen molar-refractivity contribution in [1.82, 2.24) is 0 Å². The first-order chi connectivity index (χ1) is 5.57. The maximum atomic E-state index is 11.1. The molecule has 1 rings (SSSR count). The van der Waals surface area contributed by atoms with Gasteiger partial charge in [-0.25, -0.2) is 0 Å². The van der Waals surface area contributed by atoms with E-state index in [1.165, 1.54) is 12.8 Å². The summed E-state index contributed by atoms with van der Waals surface area (Å²) in [5.74, 6) is 0.508. The van der Waals surface area contributed by atoms with Crippen molar-refractivity contribution in [2.24, 2.45) is 11.1 Å². The van der Waals surface area contributed by atoms with E-state index in [1.54, 1.807) is 0 Å². The van der Waals surface area contributed by atoms with E-state index in [2.05, 4.69) is 13.8 Å². The van der Waals surface area contributed by atoms with Gasteiger partial charge >= 0.3 is 0 Å². The number of nitrogens with two attached hydrogens (primary N) is 1. The fourth-order valence-electron chi connectivity index (χ4n) is 1.80. The number of rotatable bonds is 3. The van der Waals surface area contributed by atoms with E-state index in [9.17, 15) is 5.21 Å². The van der Waals surface area contributed by atoms with Crippen LogP contribution in [0.5, 0.6) is 0 Å². The van der Waals surface area contributed by atoms with E-state index >= 15 is 0 Å². The van der Waals surface area contributed by atoms with Gasteiger partial charge in [-0.3, -0.25) is 10.5 Å². The summed E-state index contributed by atoms with van der Waals surface area (Å²) < 4.78 is 0.940. The highest BCUT2D eigenvalue weighted by Gasteiger charge is 2.34. The largest absolute Gasteiger partial charge is 0.715 e. The van der Waals surface area contributed by atoms with Crippen LogP contribution >= 0.6 is 0 Å². The molecule has 1 atom stereocenters. The number of hydrogen-bond donors (Lipinski definition) is 1. The summed E-state index contributed by atoms with van der Waals surface area (Å²) >= 11 is 0. The molecule has 70 valence electrons. The van der Waals surface area contributed by atoms with Crippen LogP contribution in [0.4, 0.5) is 0 Å². The van der Waals surface area contributed by atoms with Crippen molar-refractivity contribution >= 4 is 5.84 Å². The molecule has 0 radical (unpaired) electrons. The predicted molar refractivity (Wildman–Crippen MR) is 49.9 cm³/mol. The third-order valence-electron chi connectivity index (χ3n) is 2.59. The molecule has 0 amide bonds. The highest BCUT2D eigenvalue weighted by Crippen LogP contribution is 2.31. The zero-order chi connectivity index (χ0) is 9.19. The minimum atomic E-state index is 0.141. The molecule has 0 aromatic carbocycles. The molecule has 3 heteroatoms. The lowest BCUT2D eigenvalue weighted by molar-refractivity contribution is -0.462. The highest BCUT2D eigenvalue weighted by atomic mass is 16.5. The Morgan fingerprint density at radius 3 is 2.75 bits per heavy atom. The Morgan fingerprint density at radius 1 is 1.67 bits per heavy atom. The second kappa shape index (κ2) is 3.33. The average molecular weight is 170 g/mol. The van der Waals surface area contributed by atoms with E-state index in [1.807, 2.05) is 0 Å². The second-order valence-corrected chi connectivity index (χ2v) is 4.12. The van der Waals surface area contributed by atoms with Crippen molar-refractivity contribution in [2.45, 2.75) is 39.5 Å². The minimum Gasteiger partial charge on any atom is -0.715 e. The third kappa shape index (κ3) is 1.90. The molecule has 0 saturated heterocycles. The molecule has 0 fully saturated rings. The van der Waals surface area contributed by atoms with Gasteiger partial charge in [0.25, 0.3) is 0 Å². The van der Waals surface area contributed by atoms with Gasteiger partial charge in [0.15, 0.2) is 0 Å². The van der Waals surface area contributed by atoms with Crippen LogP contribution in [0.25, 0.3) is 0 Å². The van der Waals surface area contributed by atoms with Gasteiger partial charge in [-0.05, 0) is 6.42 Å². The van der Waals surface area contributed by atoms with Crippen LogP contribution in [0, 0.1) is 10.6 Å². The summed E-state index contributed by atoms with van der Waals surface area (Å²) in [7, 11) is 0. The van der Waals surface area contributed by atoms with E-state index < -0.39 is 0 Å². The monoisotopic (exact) mass is 170 g/mol. The van der Waals surface area contributed by atoms with E-state index in [0.717, 1.165) is 17.6 Å². The molecular formula is C9H18N2O. The van der Waals surface area contributed by atoms with Crippen LogP contribution in [0.15, 0.2) is 0 Å². The van der Waals surface area contributed by atoms with Crippen molar-refractivity contribution in [2.75, 3.05) is 6.54 Å². The Bertz CT molecular complexity index is 185. The number of amidine groups is 1. The number of unbranched alkanes of at least 4 members (excludes halogenated alkanes) is 1. The van der Waals surface area contributed by atoms with Gasteiger partial charge in [-0.1, -0.05) is 26.7 Å². The number of hydrogen-bond acceptors (Lipinski definition) is 2. The van der Waals surface area contributed by atoms with E-state index in [0.29, 0.717) is 12.4 Å². The molecule has 1 aliphatic heterocycles. The maximum absolute atomic E-state index is 11.1. The van der Waals surface area contributed by atoms with Crippen LogP contribution < -0.4 is 5.73 Å². The molecule has 3 nitrogen and oxygen atoms in total. The molecular weight excluding hydrogens is 152 g/mol. The first-order valence-corrected chi connectivity index (χ1v) is 4.63. The van der Waals surface area contributed by atoms with Gasteiger partial charge < -0.3 is 5.21 Å². The van der Waals surface area contributed by atoms with Gasteiger partial charge in [-0.2, -0.15) is 0 Å². The van der Waals surface area contributed by atoms with E-state index in [4.69, 9.17) is 5.73 Å².